The van der Waals surface area contributed by atoms with Gasteiger partial charge in [0.2, 0.25) is 6.10 Å². The van der Waals surface area contributed by atoms with Gasteiger partial charge in [-0.25, -0.2) is 4.79 Å². The standard InChI is InChI=1S/C9H14O2/c1-2-3-4-5-6-7-8-9(10)11-8/h5-6,8H,2-4,7H2,1H3. The lowest BCUT2D eigenvalue weighted by atomic mass is 10.2. The summed E-state index contributed by atoms with van der Waals surface area (Å²) in [7, 11) is 0. The molecule has 0 radical (unpaired) electrons. The summed E-state index contributed by atoms with van der Waals surface area (Å²) in [5.74, 6) is -0.0508. The molecule has 1 unspecified atom stereocenters. The molecule has 0 aromatic heterocycles. The number of cyclic esters (lactones) is 1. The molecule has 0 spiro atoms. The highest BCUT2D eigenvalue weighted by atomic mass is 16.6. The SMILES string of the molecule is CCCCC=CCC1OC1=O. The molecule has 62 valence electrons. The first-order valence-electron chi connectivity index (χ1n) is 4.20. The smallest absolute Gasteiger partial charge is 0.348 e. The third-order valence-electron chi connectivity index (χ3n) is 1.71. The zero-order valence-electron chi connectivity index (χ0n) is 6.88. The second-order valence-electron chi connectivity index (χ2n) is 2.77. The molecule has 1 aliphatic heterocycles. The Labute approximate surface area is 67.2 Å². The van der Waals surface area contributed by atoms with Crippen molar-refractivity contribution in [2.24, 2.45) is 0 Å². The third kappa shape index (κ3) is 3.21. The first-order chi connectivity index (χ1) is 5.34. The number of unbranched alkanes of at least 4 members (excludes halogenated alkanes) is 2. The normalized spacial score (nSPS) is 22.3. The van der Waals surface area contributed by atoms with Gasteiger partial charge in [-0.1, -0.05) is 31.9 Å². The average molecular weight is 154 g/mol. The first-order valence-corrected chi connectivity index (χ1v) is 4.20. The fourth-order valence-electron chi connectivity index (χ4n) is 0.910. The number of ether oxygens (including phenoxy) is 1. The topological polar surface area (TPSA) is 29.6 Å². The van der Waals surface area contributed by atoms with E-state index >= 15 is 0 Å². The minimum Gasteiger partial charge on any atom is -0.447 e. The van der Waals surface area contributed by atoms with Crippen LogP contribution in [0.15, 0.2) is 12.2 Å². The number of carbonyl (C=O) groups is 1. The summed E-state index contributed by atoms with van der Waals surface area (Å²) in [5, 5.41) is 0. The fourth-order valence-corrected chi connectivity index (χ4v) is 0.910. The Hall–Kier alpha value is -0.790. The molecule has 1 aliphatic rings. The Balaban J connectivity index is 1.93. The van der Waals surface area contributed by atoms with Crippen LogP contribution in [0.1, 0.15) is 32.6 Å². The molecule has 2 nitrogen and oxygen atoms in total. The molecule has 1 saturated heterocycles. The van der Waals surface area contributed by atoms with Crippen molar-refractivity contribution in [1.82, 2.24) is 0 Å². The predicted octanol–water partition coefficient (Wildman–Crippen LogP) is 2.05. The molecule has 0 aliphatic carbocycles. The number of hydrogen-bond donors (Lipinski definition) is 0. The highest BCUT2D eigenvalue weighted by Crippen LogP contribution is 2.16. The van der Waals surface area contributed by atoms with Gasteiger partial charge in [-0.05, 0) is 6.42 Å². The van der Waals surface area contributed by atoms with E-state index in [1.807, 2.05) is 6.08 Å². The fraction of sp³-hybridized carbons (Fsp3) is 0.667. The molecule has 2 heteroatoms. The molecule has 0 saturated carbocycles. The zero-order valence-corrected chi connectivity index (χ0v) is 6.88. The van der Waals surface area contributed by atoms with E-state index in [4.69, 9.17) is 0 Å². The zero-order chi connectivity index (χ0) is 8.10. The molecular weight excluding hydrogens is 140 g/mol. The Morgan fingerprint density at radius 3 is 2.82 bits per heavy atom. The monoisotopic (exact) mass is 154 g/mol. The highest BCUT2D eigenvalue weighted by molar-refractivity contribution is 5.87. The van der Waals surface area contributed by atoms with Crippen LogP contribution >= 0.6 is 0 Å². The summed E-state index contributed by atoms with van der Waals surface area (Å²) < 4.78 is 4.63. The minimum absolute atomic E-state index is 0.0508. The lowest BCUT2D eigenvalue weighted by Gasteiger charge is -1.86. The van der Waals surface area contributed by atoms with Crippen molar-refractivity contribution in [3.63, 3.8) is 0 Å². The van der Waals surface area contributed by atoms with Gasteiger partial charge < -0.3 is 4.74 Å². The van der Waals surface area contributed by atoms with E-state index in [-0.39, 0.29) is 12.1 Å². The van der Waals surface area contributed by atoms with E-state index in [9.17, 15) is 4.79 Å². The van der Waals surface area contributed by atoms with Gasteiger partial charge in [0.05, 0.1) is 0 Å². The van der Waals surface area contributed by atoms with E-state index in [1.165, 1.54) is 12.8 Å². The summed E-state index contributed by atoms with van der Waals surface area (Å²) >= 11 is 0. The maximum Gasteiger partial charge on any atom is 0.348 e. The Morgan fingerprint density at radius 2 is 2.27 bits per heavy atom. The summed E-state index contributed by atoms with van der Waals surface area (Å²) in [6, 6.07) is 0. The molecule has 11 heavy (non-hydrogen) atoms. The van der Waals surface area contributed by atoms with Crippen LogP contribution < -0.4 is 0 Å². The van der Waals surface area contributed by atoms with E-state index in [0.29, 0.717) is 0 Å². The van der Waals surface area contributed by atoms with Crippen LogP contribution in [0.3, 0.4) is 0 Å². The maximum absolute atomic E-state index is 10.4. The van der Waals surface area contributed by atoms with Gasteiger partial charge in [-0.3, -0.25) is 0 Å². The molecular formula is C9H14O2. The quantitative estimate of drug-likeness (QED) is 0.344. The van der Waals surface area contributed by atoms with E-state index in [2.05, 4.69) is 17.7 Å². The third-order valence-corrected chi connectivity index (χ3v) is 1.71. The second-order valence-corrected chi connectivity index (χ2v) is 2.77. The summed E-state index contributed by atoms with van der Waals surface area (Å²) in [4.78, 5) is 10.4. The van der Waals surface area contributed by atoms with Gasteiger partial charge in [0.1, 0.15) is 0 Å². The van der Waals surface area contributed by atoms with Crippen molar-refractivity contribution in [2.75, 3.05) is 0 Å². The van der Waals surface area contributed by atoms with Gasteiger partial charge in [0.15, 0.2) is 0 Å². The van der Waals surface area contributed by atoms with Crippen LogP contribution in [0, 0.1) is 0 Å². The van der Waals surface area contributed by atoms with E-state index < -0.39 is 0 Å². The van der Waals surface area contributed by atoms with Crippen molar-refractivity contribution < 1.29 is 9.53 Å². The van der Waals surface area contributed by atoms with E-state index in [1.54, 1.807) is 0 Å². The Morgan fingerprint density at radius 1 is 1.55 bits per heavy atom. The molecule has 0 aromatic rings. The number of allylic oxidation sites excluding steroid dienone is 1. The molecule has 0 amide bonds. The molecule has 0 aromatic carbocycles. The molecule has 1 atom stereocenters. The first kappa shape index (κ1) is 8.31. The predicted molar refractivity (Wildman–Crippen MR) is 43.2 cm³/mol. The summed E-state index contributed by atoms with van der Waals surface area (Å²) in [6.45, 7) is 2.17. The van der Waals surface area contributed by atoms with Gasteiger partial charge in [-0.2, -0.15) is 0 Å². The summed E-state index contributed by atoms with van der Waals surface area (Å²) in [5.41, 5.74) is 0. The Kier molecular flexibility index (Phi) is 3.14. The van der Waals surface area contributed by atoms with Crippen LogP contribution in [0.5, 0.6) is 0 Å². The van der Waals surface area contributed by atoms with Gasteiger partial charge in [0, 0.05) is 6.42 Å². The molecule has 1 heterocycles. The van der Waals surface area contributed by atoms with Crippen LogP contribution in [0.25, 0.3) is 0 Å². The van der Waals surface area contributed by atoms with Gasteiger partial charge >= 0.3 is 5.97 Å². The number of epoxide rings is 1. The van der Waals surface area contributed by atoms with Crippen molar-refractivity contribution >= 4 is 5.97 Å². The van der Waals surface area contributed by atoms with E-state index in [0.717, 1.165) is 12.8 Å². The molecule has 0 N–H and O–H groups in total. The molecule has 1 fully saturated rings. The average Bonchev–Trinajstić information content (AvgIpc) is 2.67. The van der Waals surface area contributed by atoms with Crippen LogP contribution in [-0.4, -0.2) is 12.1 Å². The van der Waals surface area contributed by atoms with Crippen molar-refractivity contribution in [3.05, 3.63) is 12.2 Å². The Bertz CT molecular complexity index is 161. The minimum atomic E-state index is -0.104. The second kappa shape index (κ2) is 4.16. The largest absolute Gasteiger partial charge is 0.447 e. The maximum atomic E-state index is 10.4. The van der Waals surface area contributed by atoms with Crippen LogP contribution in [0.2, 0.25) is 0 Å². The molecule has 0 bridgehead atoms. The van der Waals surface area contributed by atoms with Crippen LogP contribution in [0.4, 0.5) is 0 Å². The number of rotatable bonds is 5. The lowest BCUT2D eigenvalue weighted by molar-refractivity contribution is -0.117. The van der Waals surface area contributed by atoms with Crippen molar-refractivity contribution in [1.29, 1.82) is 0 Å². The number of carbonyl (C=O) groups excluding carboxylic acids is 1. The van der Waals surface area contributed by atoms with Crippen LogP contribution in [-0.2, 0) is 9.53 Å². The highest BCUT2D eigenvalue weighted by Gasteiger charge is 2.36. The van der Waals surface area contributed by atoms with Gasteiger partial charge in [-0.15, -0.1) is 0 Å². The van der Waals surface area contributed by atoms with Gasteiger partial charge in [0.25, 0.3) is 0 Å². The lowest BCUT2D eigenvalue weighted by Crippen LogP contribution is -1.82. The number of hydrogen-bond acceptors (Lipinski definition) is 2. The summed E-state index contributed by atoms with van der Waals surface area (Å²) in [6.07, 6.45) is 8.40. The molecule has 1 rings (SSSR count). The van der Waals surface area contributed by atoms with Crippen molar-refractivity contribution in [2.45, 2.75) is 38.7 Å². The van der Waals surface area contributed by atoms with Crippen molar-refractivity contribution in [3.8, 4) is 0 Å².